The molecule has 1 aromatic heterocycles. The topological polar surface area (TPSA) is 14.2 Å². The number of hydrogen-bond donors (Lipinski definition) is 0. The van der Waals surface area contributed by atoms with E-state index in [0.29, 0.717) is 0 Å². The van der Waals surface area contributed by atoms with Crippen LogP contribution >= 0.6 is 23.6 Å². The Morgan fingerprint density at radius 2 is 2.40 bits per heavy atom. The number of nitrogens with zero attached hydrogens (tertiary/aromatic N) is 1. The minimum absolute atomic E-state index is 0.182. The summed E-state index contributed by atoms with van der Waals surface area (Å²) in [5.41, 5.74) is 0. The molecule has 0 atom stereocenters. The zero-order valence-electron chi connectivity index (χ0n) is 5.90. The van der Waals surface area contributed by atoms with Crippen molar-refractivity contribution in [1.29, 1.82) is 0 Å². The molecular formula is C6H9NOS2. The minimum atomic E-state index is 0.182. The first-order valence-electron chi connectivity index (χ1n) is 3.03. The molecule has 0 saturated heterocycles. The van der Waals surface area contributed by atoms with Crippen molar-refractivity contribution >= 4 is 23.6 Å². The lowest BCUT2D eigenvalue weighted by molar-refractivity contribution is 0.0591. The van der Waals surface area contributed by atoms with Crippen LogP contribution in [0.3, 0.4) is 0 Å². The van der Waals surface area contributed by atoms with E-state index in [0.717, 1.165) is 3.95 Å². The normalized spacial score (nSPS) is 10.3. The fourth-order valence-electron chi connectivity index (χ4n) is 0.562. The van der Waals surface area contributed by atoms with Gasteiger partial charge in [-0.25, -0.2) is 0 Å². The second-order valence-corrected chi connectivity index (χ2v) is 3.69. The quantitative estimate of drug-likeness (QED) is 0.639. The molecule has 0 spiro atoms. The van der Waals surface area contributed by atoms with E-state index in [-0.39, 0.29) is 6.10 Å². The van der Waals surface area contributed by atoms with Crippen molar-refractivity contribution in [2.24, 2.45) is 0 Å². The van der Waals surface area contributed by atoms with Crippen molar-refractivity contribution in [3.63, 3.8) is 0 Å². The van der Waals surface area contributed by atoms with Crippen LogP contribution in [0.1, 0.15) is 13.8 Å². The third-order valence-corrected chi connectivity index (χ3v) is 1.98. The van der Waals surface area contributed by atoms with Gasteiger partial charge in [-0.2, -0.15) is 4.73 Å². The Labute approximate surface area is 69.0 Å². The van der Waals surface area contributed by atoms with Gasteiger partial charge in [-0.05, 0) is 26.1 Å². The summed E-state index contributed by atoms with van der Waals surface area (Å²) in [4.78, 5) is 5.31. The van der Waals surface area contributed by atoms with Crippen molar-refractivity contribution in [1.82, 2.24) is 4.73 Å². The number of aromatic nitrogens is 1. The predicted octanol–water partition coefficient (Wildman–Crippen LogP) is 2.12. The van der Waals surface area contributed by atoms with E-state index in [1.807, 2.05) is 25.4 Å². The van der Waals surface area contributed by atoms with E-state index in [2.05, 4.69) is 0 Å². The molecule has 56 valence electrons. The van der Waals surface area contributed by atoms with Gasteiger partial charge < -0.3 is 4.84 Å². The molecule has 0 radical (unpaired) electrons. The average molecular weight is 175 g/mol. The molecule has 0 bridgehead atoms. The SMILES string of the molecule is CC(C)On1ccsc1=S. The maximum absolute atomic E-state index is 5.31. The highest BCUT2D eigenvalue weighted by Crippen LogP contribution is 2.01. The van der Waals surface area contributed by atoms with Gasteiger partial charge in [0.25, 0.3) is 0 Å². The molecule has 10 heavy (non-hydrogen) atoms. The maximum atomic E-state index is 5.31. The van der Waals surface area contributed by atoms with Crippen molar-refractivity contribution in [2.75, 3.05) is 0 Å². The van der Waals surface area contributed by atoms with E-state index in [4.69, 9.17) is 17.1 Å². The zero-order chi connectivity index (χ0) is 7.56. The van der Waals surface area contributed by atoms with Gasteiger partial charge in [0, 0.05) is 5.38 Å². The van der Waals surface area contributed by atoms with Gasteiger partial charge in [-0.1, -0.05) is 0 Å². The van der Waals surface area contributed by atoms with Crippen LogP contribution < -0.4 is 4.84 Å². The van der Waals surface area contributed by atoms with E-state index in [1.54, 1.807) is 4.73 Å². The average Bonchev–Trinajstić information content (AvgIpc) is 2.15. The smallest absolute Gasteiger partial charge is 0.196 e. The lowest BCUT2D eigenvalue weighted by Gasteiger charge is -2.07. The molecule has 4 heteroatoms. The van der Waals surface area contributed by atoms with Crippen molar-refractivity contribution in [3.8, 4) is 0 Å². The highest BCUT2D eigenvalue weighted by Gasteiger charge is 1.95. The predicted molar refractivity (Wildman–Crippen MR) is 44.9 cm³/mol. The summed E-state index contributed by atoms with van der Waals surface area (Å²) < 4.78 is 2.37. The first kappa shape index (κ1) is 7.75. The molecule has 1 rings (SSSR count). The fourth-order valence-corrected chi connectivity index (χ4v) is 1.33. The summed E-state index contributed by atoms with van der Waals surface area (Å²) in [5.74, 6) is 0. The van der Waals surface area contributed by atoms with Gasteiger partial charge in [-0.15, -0.1) is 11.3 Å². The molecule has 0 aliphatic rings. The van der Waals surface area contributed by atoms with E-state index >= 15 is 0 Å². The van der Waals surface area contributed by atoms with Crippen LogP contribution in [0.4, 0.5) is 0 Å². The van der Waals surface area contributed by atoms with Crippen LogP contribution in [0.15, 0.2) is 11.6 Å². The van der Waals surface area contributed by atoms with Crippen molar-refractivity contribution in [2.45, 2.75) is 20.0 Å². The second-order valence-electron chi connectivity index (χ2n) is 2.15. The summed E-state index contributed by atoms with van der Waals surface area (Å²) in [6, 6.07) is 0. The van der Waals surface area contributed by atoms with Gasteiger partial charge in [0.2, 0.25) is 0 Å². The molecule has 1 heterocycles. The van der Waals surface area contributed by atoms with Gasteiger partial charge in [0.15, 0.2) is 3.95 Å². The molecule has 0 aliphatic carbocycles. The highest BCUT2D eigenvalue weighted by atomic mass is 32.1. The van der Waals surface area contributed by atoms with Gasteiger partial charge in [-0.3, -0.25) is 0 Å². The molecular weight excluding hydrogens is 166 g/mol. The minimum Gasteiger partial charge on any atom is -0.410 e. The Morgan fingerprint density at radius 3 is 2.80 bits per heavy atom. The first-order valence-corrected chi connectivity index (χ1v) is 4.32. The first-order chi connectivity index (χ1) is 4.70. The van der Waals surface area contributed by atoms with Crippen LogP contribution in [0.25, 0.3) is 0 Å². The molecule has 0 aliphatic heterocycles. The van der Waals surface area contributed by atoms with Crippen LogP contribution in [0.2, 0.25) is 0 Å². The Bertz CT molecular complexity index is 250. The van der Waals surface area contributed by atoms with E-state index < -0.39 is 0 Å². The van der Waals surface area contributed by atoms with E-state index in [1.165, 1.54) is 11.3 Å². The largest absolute Gasteiger partial charge is 0.410 e. The molecule has 0 saturated carbocycles. The summed E-state index contributed by atoms with van der Waals surface area (Å²) in [6.45, 7) is 3.94. The summed E-state index contributed by atoms with van der Waals surface area (Å²) in [6.07, 6.45) is 2.01. The maximum Gasteiger partial charge on any atom is 0.196 e. The van der Waals surface area contributed by atoms with Crippen molar-refractivity contribution in [3.05, 3.63) is 15.5 Å². The van der Waals surface area contributed by atoms with Crippen LogP contribution in [-0.4, -0.2) is 10.8 Å². The lowest BCUT2D eigenvalue weighted by Crippen LogP contribution is -2.17. The number of thiazole rings is 1. The Hall–Kier alpha value is -0.350. The van der Waals surface area contributed by atoms with Crippen LogP contribution in [-0.2, 0) is 0 Å². The Kier molecular flexibility index (Phi) is 2.45. The Morgan fingerprint density at radius 1 is 1.70 bits per heavy atom. The van der Waals surface area contributed by atoms with Crippen LogP contribution in [0, 0.1) is 3.95 Å². The highest BCUT2D eigenvalue weighted by molar-refractivity contribution is 7.73. The van der Waals surface area contributed by atoms with E-state index in [9.17, 15) is 0 Å². The fraction of sp³-hybridized carbons (Fsp3) is 0.500. The molecule has 2 nitrogen and oxygen atoms in total. The number of hydrogen-bond acceptors (Lipinski definition) is 3. The van der Waals surface area contributed by atoms with Gasteiger partial charge in [0.05, 0.1) is 6.20 Å². The van der Waals surface area contributed by atoms with Gasteiger partial charge in [0.1, 0.15) is 6.10 Å². The van der Waals surface area contributed by atoms with Crippen LogP contribution in [0.5, 0.6) is 0 Å². The molecule has 0 amide bonds. The lowest BCUT2D eigenvalue weighted by atomic mass is 10.5. The van der Waals surface area contributed by atoms with Crippen molar-refractivity contribution < 1.29 is 4.84 Å². The molecule has 0 unspecified atom stereocenters. The summed E-state index contributed by atoms with van der Waals surface area (Å²) in [7, 11) is 0. The third kappa shape index (κ3) is 1.82. The van der Waals surface area contributed by atoms with Gasteiger partial charge >= 0.3 is 0 Å². The molecule has 0 aromatic carbocycles. The molecule has 1 aromatic rings. The second kappa shape index (κ2) is 3.16. The third-order valence-electron chi connectivity index (χ3n) is 0.869. The number of rotatable bonds is 2. The molecule has 0 fully saturated rings. The standard InChI is InChI=1S/C6H9NOS2/c1-5(2)8-7-3-4-10-6(7)9/h3-5H,1-2H3. The monoisotopic (exact) mass is 175 g/mol. The zero-order valence-corrected chi connectivity index (χ0v) is 7.54. The summed E-state index contributed by atoms with van der Waals surface area (Å²) in [5, 5.41) is 1.91. The summed E-state index contributed by atoms with van der Waals surface area (Å²) >= 11 is 6.46. The Balaban J connectivity index is 2.75. The molecule has 0 N–H and O–H groups in total.